The molecule has 1 radical (unpaired) electrons. The van der Waals surface area contributed by atoms with Crippen LogP contribution in [0.2, 0.25) is 0 Å². The molecule has 1 aliphatic heterocycles. The molecule has 61 valence electrons. The van der Waals surface area contributed by atoms with E-state index < -0.39 is 0 Å². The van der Waals surface area contributed by atoms with Crippen LogP contribution >= 0.6 is 0 Å². The molecular weight excluding hydrogens is 154 g/mol. The van der Waals surface area contributed by atoms with Crippen molar-refractivity contribution in [2.45, 2.75) is 0 Å². The van der Waals surface area contributed by atoms with Crippen LogP contribution in [0.25, 0.3) is 0 Å². The maximum Gasteiger partial charge on any atom is 0.253 e. The van der Waals surface area contributed by atoms with Gasteiger partial charge in [-0.25, -0.2) is 0 Å². The van der Waals surface area contributed by atoms with Gasteiger partial charge in [0.1, 0.15) is 0 Å². The van der Waals surface area contributed by atoms with E-state index in [-0.39, 0.29) is 12.1 Å². The summed E-state index contributed by atoms with van der Waals surface area (Å²) in [4.78, 5) is 12.4. The van der Waals surface area contributed by atoms with Crippen LogP contribution < -0.4 is 5.11 Å². The molecule has 2 rings (SSSR count). The summed E-state index contributed by atoms with van der Waals surface area (Å²) >= 11 is 0. The fraction of sp³-hybridized carbons (Fsp3) is 0.111. The van der Waals surface area contributed by atoms with Crippen molar-refractivity contribution in [3.05, 3.63) is 41.6 Å². The summed E-state index contributed by atoms with van der Waals surface area (Å²) in [5.41, 5.74) is 1.01. The van der Waals surface area contributed by atoms with E-state index >= 15 is 0 Å². The summed E-state index contributed by atoms with van der Waals surface area (Å²) in [6.45, 7) is 0. The lowest BCUT2D eigenvalue weighted by Gasteiger charge is -2.24. The first-order valence-electron chi connectivity index (χ1n) is 3.63. The number of carbonyl (C=O) groups is 1. The molecule has 3 nitrogen and oxygen atoms in total. The summed E-state index contributed by atoms with van der Waals surface area (Å²) in [6, 6.07) is 6.84. The molecule has 12 heavy (non-hydrogen) atoms. The third-order valence-corrected chi connectivity index (χ3v) is 2.00. The maximum absolute atomic E-state index is 11.3. The lowest BCUT2D eigenvalue weighted by Crippen LogP contribution is -2.32. The molecule has 1 aromatic rings. The predicted octanol–water partition coefficient (Wildman–Crippen LogP) is -0.0299. The van der Waals surface area contributed by atoms with Crippen molar-refractivity contribution < 1.29 is 9.90 Å². The van der Waals surface area contributed by atoms with Crippen LogP contribution in [0, 0.1) is 6.23 Å². The topological polar surface area (TPSA) is 43.4 Å². The number of rotatable bonds is 0. The number of carbonyl (C=O) groups excluding carboxylic acids is 1. The summed E-state index contributed by atoms with van der Waals surface area (Å²) in [7, 11) is 1.49. The molecule has 0 atom stereocenters. The highest BCUT2D eigenvalue weighted by atomic mass is 16.3. The molecule has 1 amide bonds. The molecule has 1 heterocycles. The highest BCUT2D eigenvalue weighted by Gasteiger charge is 2.26. The van der Waals surface area contributed by atoms with Crippen molar-refractivity contribution in [2.75, 3.05) is 7.05 Å². The molecular formula is C9H7NO2-. The second kappa shape index (κ2) is 2.32. The Morgan fingerprint density at radius 1 is 1.25 bits per heavy atom. The zero-order chi connectivity index (χ0) is 8.72. The van der Waals surface area contributed by atoms with Gasteiger partial charge in [0.25, 0.3) is 5.91 Å². The van der Waals surface area contributed by atoms with E-state index in [0.29, 0.717) is 11.1 Å². The monoisotopic (exact) mass is 161 g/mol. The van der Waals surface area contributed by atoms with E-state index in [2.05, 4.69) is 0 Å². The summed E-state index contributed by atoms with van der Waals surface area (Å²) in [6.07, 6.45) is -0.212. The van der Waals surface area contributed by atoms with Crippen molar-refractivity contribution in [1.29, 1.82) is 0 Å². The Kier molecular flexibility index (Phi) is 1.41. The van der Waals surface area contributed by atoms with Gasteiger partial charge in [-0.15, -0.1) is 0 Å². The third kappa shape index (κ3) is 0.769. The van der Waals surface area contributed by atoms with Crippen molar-refractivity contribution in [1.82, 2.24) is 4.90 Å². The van der Waals surface area contributed by atoms with Crippen LogP contribution in [0.1, 0.15) is 15.9 Å². The van der Waals surface area contributed by atoms with Gasteiger partial charge in [0.15, 0.2) is 0 Å². The third-order valence-electron chi connectivity index (χ3n) is 2.00. The van der Waals surface area contributed by atoms with Crippen LogP contribution in [-0.4, -0.2) is 17.9 Å². The average Bonchev–Trinajstić information content (AvgIpc) is 2.33. The molecule has 0 saturated carbocycles. The summed E-state index contributed by atoms with van der Waals surface area (Å²) < 4.78 is 0. The highest BCUT2D eigenvalue weighted by Crippen LogP contribution is 2.26. The lowest BCUT2D eigenvalue weighted by molar-refractivity contribution is -0.365. The fourth-order valence-corrected chi connectivity index (χ4v) is 1.31. The largest absolute Gasteiger partial charge is 0.829 e. The SMILES string of the molecule is CN1[C]([O-])c2ccccc2C1=O. The second-order valence-electron chi connectivity index (χ2n) is 2.71. The van der Waals surface area contributed by atoms with E-state index in [1.165, 1.54) is 7.05 Å². The first-order chi connectivity index (χ1) is 5.72. The van der Waals surface area contributed by atoms with Gasteiger partial charge >= 0.3 is 0 Å². The van der Waals surface area contributed by atoms with Crippen LogP contribution in [0.4, 0.5) is 0 Å². The zero-order valence-corrected chi connectivity index (χ0v) is 6.57. The van der Waals surface area contributed by atoms with E-state index in [0.717, 1.165) is 4.90 Å². The fourth-order valence-electron chi connectivity index (χ4n) is 1.31. The summed E-state index contributed by atoms with van der Waals surface area (Å²) in [5.74, 6) is -0.212. The molecule has 0 spiro atoms. The highest BCUT2D eigenvalue weighted by molar-refractivity contribution is 6.00. The molecule has 0 aromatic heterocycles. The number of benzene rings is 1. The quantitative estimate of drug-likeness (QED) is 0.536. The minimum Gasteiger partial charge on any atom is -0.829 e. The van der Waals surface area contributed by atoms with Gasteiger partial charge in [0.05, 0.1) is 0 Å². The Morgan fingerprint density at radius 2 is 1.83 bits per heavy atom. The molecule has 0 bridgehead atoms. The van der Waals surface area contributed by atoms with E-state index in [1.807, 2.05) is 0 Å². The smallest absolute Gasteiger partial charge is 0.253 e. The van der Waals surface area contributed by atoms with Gasteiger partial charge < -0.3 is 10.0 Å². The molecule has 1 aliphatic rings. The lowest BCUT2D eigenvalue weighted by atomic mass is 10.1. The number of nitrogens with zero attached hydrogens (tertiary/aromatic N) is 1. The number of fused-ring (bicyclic) bond motifs is 1. The Bertz CT molecular complexity index is 335. The molecule has 1 aromatic carbocycles. The summed E-state index contributed by atoms with van der Waals surface area (Å²) in [5, 5.41) is 11.3. The second-order valence-corrected chi connectivity index (χ2v) is 2.71. The standard InChI is InChI=1S/C9H7NO2/c1-10-8(11)6-4-2-3-5-7(6)9(10)12/h2-5H,1H3/q-1. The Labute approximate surface area is 70.2 Å². The Morgan fingerprint density at radius 3 is 2.42 bits per heavy atom. The van der Waals surface area contributed by atoms with Crippen molar-refractivity contribution in [3.63, 3.8) is 0 Å². The minimum absolute atomic E-state index is 0.212. The molecule has 0 unspecified atom stereocenters. The molecule has 0 aliphatic carbocycles. The zero-order valence-electron chi connectivity index (χ0n) is 6.57. The number of hydrogen-bond donors (Lipinski definition) is 0. The van der Waals surface area contributed by atoms with E-state index in [4.69, 9.17) is 0 Å². The van der Waals surface area contributed by atoms with Crippen LogP contribution in [0.3, 0.4) is 0 Å². The van der Waals surface area contributed by atoms with Crippen LogP contribution in [-0.2, 0) is 0 Å². The van der Waals surface area contributed by atoms with Gasteiger partial charge in [-0.1, -0.05) is 18.2 Å². The van der Waals surface area contributed by atoms with Crippen molar-refractivity contribution in [3.8, 4) is 0 Å². The van der Waals surface area contributed by atoms with Gasteiger partial charge in [-0.2, -0.15) is 0 Å². The first kappa shape index (κ1) is 7.31. The molecule has 3 heteroatoms. The number of hydrogen-bond acceptors (Lipinski definition) is 2. The molecule has 0 fully saturated rings. The predicted molar refractivity (Wildman–Crippen MR) is 40.9 cm³/mol. The molecule has 0 N–H and O–H groups in total. The van der Waals surface area contributed by atoms with Crippen molar-refractivity contribution in [2.24, 2.45) is 0 Å². The number of amides is 1. The molecule has 0 saturated heterocycles. The van der Waals surface area contributed by atoms with Gasteiger partial charge in [0.2, 0.25) is 0 Å². The van der Waals surface area contributed by atoms with E-state index in [9.17, 15) is 9.90 Å². The van der Waals surface area contributed by atoms with Crippen LogP contribution in [0.15, 0.2) is 24.3 Å². The average molecular weight is 161 g/mol. The minimum atomic E-state index is -0.212. The van der Waals surface area contributed by atoms with Gasteiger partial charge in [-0.3, -0.25) is 4.79 Å². The van der Waals surface area contributed by atoms with E-state index in [1.54, 1.807) is 24.3 Å². The van der Waals surface area contributed by atoms with Crippen molar-refractivity contribution >= 4 is 5.91 Å². The maximum atomic E-state index is 11.3. The van der Waals surface area contributed by atoms with Gasteiger partial charge in [-0.05, 0) is 11.6 Å². The first-order valence-corrected chi connectivity index (χ1v) is 3.63. The van der Waals surface area contributed by atoms with Crippen LogP contribution in [0.5, 0.6) is 0 Å². The normalized spacial score (nSPS) is 16.8. The Balaban J connectivity index is 2.59. The van der Waals surface area contributed by atoms with Gasteiger partial charge in [0, 0.05) is 18.8 Å². The Hall–Kier alpha value is -1.35.